The van der Waals surface area contributed by atoms with Crippen molar-refractivity contribution in [3.05, 3.63) is 89.0 Å². The SMILES string of the molecule is Nc1ccccc1/C=C/c1cccc2c1Cc1ccccc1-2. The van der Waals surface area contributed by atoms with Crippen LogP contribution in [0.5, 0.6) is 0 Å². The lowest BCUT2D eigenvalue weighted by molar-refractivity contribution is 1.25. The summed E-state index contributed by atoms with van der Waals surface area (Å²) in [6.45, 7) is 0. The fraction of sp³-hybridized carbons (Fsp3) is 0.0476. The van der Waals surface area contributed by atoms with Crippen molar-refractivity contribution in [3.63, 3.8) is 0 Å². The third-order valence-electron chi connectivity index (χ3n) is 4.33. The normalized spacial score (nSPS) is 12.4. The second-order valence-electron chi connectivity index (χ2n) is 5.67. The Balaban J connectivity index is 1.75. The second kappa shape index (κ2) is 5.19. The fourth-order valence-electron chi connectivity index (χ4n) is 3.18. The highest BCUT2D eigenvalue weighted by molar-refractivity contribution is 5.84. The van der Waals surface area contributed by atoms with Crippen LogP contribution in [-0.2, 0) is 6.42 Å². The largest absolute Gasteiger partial charge is 0.398 e. The van der Waals surface area contributed by atoms with E-state index in [-0.39, 0.29) is 0 Å². The Bertz CT molecular complexity index is 875. The molecule has 0 saturated heterocycles. The van der Waals surface area contributed by atoms with Crippen molar-refractivity contribution < 1.29 is 0 Å². The minimum Gasteiger partial charge on any atom is -0.398 e. The van der Waals surface area contributed by atoms with Crippen LogP contribution in [0.2, 0.25) is 0 Å². The molecule has 1 aliphatic carbocycles. The highest BCUT2D eigenvalue weighted by Crippen LogP contribution is 2.38. The van der Waals surface area contributed by atoms with E-state index < -0.39 is 0 Å². The summed E-state index contributed by atoms with van der Waals surface area (Å²) < 4.78 is 0. The van der Waals surface area contributed by atoms with Gasteiger partial charge >= 0.3 is 0 Å². The van der Waals surface area contributed by atoms with E-state index in [1.54, 1.807) is 0 Å². The van der Waals surface area contributed by atoms with E-state index in [1.807, 2.05) is 24.3 Å². The first-order chi connectivity index (χ1) is 10.8. The van der Waals surface area contributed by atoms with Crippen molar-refractivity contribution in [3.8, 4) is 11.1 Å². The number of nitrogens with two attached hydrogens (primary N) is 1. The molecule has 0 radical (unpaired) electrons. The van der Waals surface area contributed by atoms with Gasteiger partial charge in [0.2, 0.25) is 0 Å². The molecule has 0 heterocycles. The van der Waals surface area contributed by atoms with E-state index in [1.165, 1.54) is 27.8 Å². The van der Waals surface area contributed by atoms with Crippen molar-refractivity contribution in [2.45, 2.75) is 6.42 Å². The molecule has 3 aromatic rings. The topological polar surface area (TPSA) is 26.0 Å². The quantitative estimate of drug-likeness (QED) is 0.406. The Labute approximate surface area is 130 Å². The molecule has 3 aromatic carbocycles. The van der Waals surface area contributed by atoms with Gasteiger partial charge in [-0.15, -0.1) is 0 Å². The van der Waals surface area contributed by atoms with Crippen LogP contribution in [0.15, 0.2) is 66.7 Å². The van der Waals surface area contributed by atoms with E-state index in [4.69, 9.17) is 5.73 Å². The van der Waals surface area contributed by atoms with Crippen molar-refractivity contribution in [2.24, 2.45) is 0 Å². The first kappa shape index (κ1) is 12.9. The maximum absolute atomic E-state index is 6.02. The number of benzene rings is 3. The van der Waals surface area contributed by atoms with Crippen LogP contribution in [0.3, 0.4) is 0 Å². The predicted octanol–water partition coefficient (Wildman–Crippen LogP) is 5.01. The van der Waals surface area contributed by atoms with E-state index in [2.05, 4.69) is 54.6 Å². The molecule has 0 bridgehead atoms. The maximum Gasteiger partial charge on any atom is 0.0387 e. The summed E-state index contributed by atoms with van der Waals surface area (Å²) in [6.07, 6.45) is 5.29. The van der Waals surface area contributed by atoms with Gasteiger partial charge in [-0.2, -0.15) is 0 Å². The zero-order valence-corrected chi connectivity index (χ0v) is 12.3. The van der Waals surface area contributed by atoms with Gasteiger partial charge in [0.05, 0.1) is 0 Å². The molecule has 22 heavy (non-hydrogen) atoms. The first-order valence-corrected chi connectivity index (χ1v) is 7.56. The second-order valence-corrected chi connectivity index (χ2v) is 5.67. The monoisotopic (exact) mass is 283 g/mol. The molecular formula is C21H17N. The Kier molecular flexibility index (Phi) is 3.05. The van der Waals surface area contributed by atoms with Crippen molar-refractivity contribution in [1.29, 1.82) is 0 Å². The summed E-state index contributed by atoms with van der Waals surface area (Å²) >= 11 is 0. The molecule has 0 saturated carbocycles. The van der Waals surface area contributed by atoms with Gasteiger partial charge < -0.3 is 5.73 Å². The van der Waals surface area contributed by atoms with Gasteiger partial charge in [0.15, 0.2) is 0 Å². The van der Waals surface area contributed by atoms with Crippen LogP contribution in [0.1, 0.15) is 22.3 Å². The molecule has 0 aliphatic heterocycles. The lowest BCUT2D eigenvalue weighted by Crippen LogP contribution is -1.88. The zero-order chi connectivity index (χ0) is 14.9. The molecule has 1 aliphatic rings. The lowest BCUT2D eigenvalue weighted by atomic mass is 10.0. The van der Waals surface area contributed by atoms with E-state index in [0.717, 1.165) is 17.7 Å². The fourth-order valence-corrected chi connectivity index (χ4v) is 3.18. The molecule has 0 spiro atoms. The highest BCUT2D eigenvalue weighted by atomic mass is 14.5. The molecule has 106 valence electrons. The average Bonchev–Trinajstić information content (AvgIpc) is 2.93. The Morgan fingerprint density at radius 3 is 2.27 bits per heavy atom. The zero-order valence-electron chi connectivity index (χ0n) is 12.3. The van der Waals surface area contributed by atoms with Gasteiger partial charge in [-0.3, -0.25) is 0 Å². The Morgan fingerprint density at radius 1 is 0.682 bits per heavy atom. The third-order valence-corrected chi connectivity index (χ3v) is 4.33. The van der Waals surface area contributed by atoms with Gasteiger partial charge in [0, 0.05) is 5.69 Å². The van der Waals surface area contributed by atoms with Gasteiger partial charge in [0.1, 0.15) is 0 Å². The van der Waals surface area contributed by atoms with Crippen LogP contribution in [0.4, 0.5) is 5.69 Å². The van der Waals surface area contributed by atoms with Crippen LogP contribution in [-0.4, -0.2) is 0 Å². The van der Waals surface area contributed by atoms with Crippen LogP contribution in [0, 0.1) is 0 Å². The number of anilines is 1. The average molecular weight is 283 g/mol. The molecule has 0 amide bonds. The van der Waals surface area contributed by atoms with E-state index in [9.17, 15) is 0 Å². The predicted molar refractivity (Wildman–Crippen MR) is 94.5 cm³/mol. The smallest absolute Gasteiger partial charge is 0.0387 e. The third kappa shape index (κ3) is 2.11. The molecule has 1 heteroatoms. The Morgan fingerprint density at radius 2 is 1.36 bits per heavy atom. The number of para-hydroxylation sites is 1. The van der Waals surface area contributed by atoms with Crippen molar-refractivity contribution in [1.82, 2.24) is 0 Å². The first-order valence-electron chi connectivity index (χ1n) is 7.56. The van der Waals surface area contributed by atoms with E-state index >= 15 is 0 Å². The van der Waals surface area contributed by atoms with Gasteiger partial charge in [-0.05, 0) is 45.9 Å². The summed E-state index contributed by atoms with van der Waals surface area (Å²) in [4.78, 5) is 0. The maximum atomic E-state index is 6.02. The number of nitrogen functional groups attached to an aromatic ring is 1. The highest BCUT2D eigenvalue weighted by Gasteiger charge is 2.19. The van der Waals surface area contributed by atoms with E-state index in [0.29, 0.717) is 0 Å². The van der Waals surface area contributed by atoms with Crippen molar-refractivity contribution >= 4 is 17.8 Å². The molecule has 2 N–H and O–H groups in total. The summed E-state index contributed by atoms with van der Waals surface area (Å²) in [5.74, 6) is 0. The summed E-state index contributed by atoms with van der Waals surface area (Å²) in [5.41, 5.74) is 14.7. The molecule has 0 fully saturated rings. The van der Waals surface area contributed by atoms with Gasteiger partial charge in [-0.25, -0.2) is 0 Å². The molecule has 0 aromatic heterocycles. The van der Waals surface area contributed by atoms with Crippen LogP contribution in [0.25, 0.3) is 23.3 Å². The molecule has 1 nitrogen and oxygen atoms in total. The van der Waals surface area contributed by atoms with Gasteiger partial charge in [-0.1, -0.05) is 72.8 Å². The molecular weight excluding hydrogens is 266 g/mol. The lowest BCUT2D eigenvalue weighted by Gasteiger charge is -2.05. The van der Waals surface area contributed by atoms with Crippen LogP contribution < -0.4 is 5.73 Å². The summed E-state index contributed by atoms with van der Waals surface area (Å²) in [6, 6.07) is 23.2. The summed E-state index contributed by atoms with van der Waals surface area (Å²) in [7, 11) is 0. The van der Waals surface area contributed by atoms with Gasteiger partial charge in [0.25, 0.3) is 0 Å². The molecule has 0 atom stereocenters. The van der Waals surface area contributed by atoms with Crippen LogP contribution >= 0.6 is 0 Å². The Hall–Kier alpha value is -2.80. The minimum atomic E-state index is 0.814. The number of rotatable bonds is 2. The number of hydrogen-bond donors (Lipinski definition) is 1. The summed E-state index contributed by atoms with van der Waals surface area (Å²) in [5, 5.41) is 0. The molecule has 0 unspecified atom stereocenters. The standard InChI is InChI=1S/C21H17N/c22-21-11-4-2-6-16(21)13-12-15-8-5-10-19-18-9-3-1-7-17(18)14-20(15)19/h1-13H,14,22H2/b13-12+. The van der Waals surface area contributed by atoms with Crippen molar-refractivity contribution in [2.75, 3.05) is 5.73 Å². The number of hydrogen-bond acceptors (Lipinski definition) is 1. The minimum absolute atomic E-state index is 0.814. The molecule has 4 rings (SSSR count). The number of fused-ring (bicyclic) bond motifs is 3.